The van der Waals surface area contributed by atoms with E-state index >= 15 is 0 Å². The molecule has 0 atom stereocenters. The molecule has 7 heteroatoms. The van der Waals surface area contributed by atoms with Gasteiger partial charge in [-0.05, 0) is 48.7 Å². The molecule has 1 amide bonds. The number of aromatic nitrogens is 4. The molecule has 138 valence electrons. The number of rotatable bonds is 7. The van der Waals surface area contributed by atoms with E-state index < -0.39 is 0 Å². The second-order valence-corrected chi connectivity index (χ2v) is 6.23. The summed E-state index contributed by atoms with van der Waals surface area (Å²) in [6.45, 7) is 2.99. The third-order valence-electron chi connectivity index (χ3n) is 4.11. The average Bonchev–Trinajstić information content (AvgIpc) is 2.71. The summed E-state index contributed by atoms with van der Waals surface area (Å²) in [5.74, 6) is 1.06. The Balaban J connectivity index is 1.64. The van der Waals surface area contributed by atoms with Crippen molar-refractivity contribution < 1.29 is 4.79 Å². The van der Waals surface area contributed by atoms with Gasteiger partial charge in [0.15, 0.2) is 0 Å². The van der Waals surface area contributed by atoms with Gasteiger partial charge in [0.2, 0.25) is 0 Å². The molecule has 0 fully saturated rings. The molecule has 0 aliphatic heterocycles. The molecule has 27 heavy (non-hydrogen) atoms. The number of likely N-dealkylation sites (N-methyl/N-ethyl adjacent to an activating group) is 1. The van der Waals surface area contributed by atoms with Gasteiger partial charge in [-0.3, -0.25) is 14.8 Å². The number of pyridine rings is 2. The summed E-state index contributed by atoms with van der Waals surface area (Å²) in [4.78, 5) is 31.1. The van der Waals surface area contributed by atoms with Gasteiger partial charge in [-0.1, -0.05) is 0 Å². The molecule has 7 nitrogen and oxygen atoms in total. The summed E-state index contributed by atoms with van der Waals surface area (Å²) in [5.41, 5.74) is 2.61. The van der Waals surface area contributed by atoms with Gasteiger partial charge >= 0.3 is 0 Å². The van der Waals surface area contributed by atoms with Crippen molar-refractivity contribution in [3.63, 3.8) is 0 Å². The lowest BCUT2D eigenvalue weighted by atomic mass is 10.2. The summed E-state index contributed by atoms with van der Waals surface area (Å²) in [6, 6.07) is 9.46. The van der Waals surface area contributed by atoms with Crippen LogP contribution < -0.4 is 5.32 Å². The van der Waals surface area contributed by atoms with Crippen LogP contribution in [0.25, 0.3) is 0 Å². The van der Waals surface area contributed by atoms with Gasteiger partial charge < -0.3 is 10.2 Å². The number of hydrogen-bond acceptors (Lipinski definition) is 6. The van der Waals surface area contributed by atoms with Crippen molar-refractivity contribution >= 4 is 11.7 Å². The van der Waals surface area contributed by atoms with E-state index in [-0.39, 0.29) is 5.91 Å². The number of carbonyl (C=O) groups is 1. The molecule has 0 radical (unpaired) electrons. The van der Waals surface area contributed by atoms with Gasteiger partial charge in [0, 0.05) is 51.0 Å². The molecular weight excluding hydrogens is 340 g/mol. The zero-order valence-corrected chi connectivity index (χ0v) is 15.5. The number of nitrogens with one attached hydrogen (secondary N) is 1. The summed E-state index contributed by atoms with van der Waals surface area (Å²) in [6.07, 6.45) is 7.77. The molecule has 0 unspecified atom stereocenters. The minimum absolute atomic E-state index is 0.124. The minimum Gasteiger partial charge on any atom is -0.366 e. The van der Waals surface area contributed by atoms with Crippen LogP contribution in [0.4, 0.5) is 5.82 Å². The fraction of sp³-hybridized carbons (Fsp3) is 0.250. The van der Waals surface area contributed by atoms with Crippen molar-refractivity contribution in [2.75, 3.05) is 18.9 Å². The first-order valence-electron chi connectivity index (χ1n) is 8.74. The van der Waals surface area contributed by atoms with Crippen LogP contribution in [0.15, 0.2) is 55.1 Å². The zero-order valence-electron chi connectivity index (χ0n) is 15.5. The topological polar surface area (TPSA) is 83.9 Å². The van der Waals surface area contributed by atoms with E-state index in [1.165, 1.54) is 0 Å². The highest BCUT2D eigenvalue weighted by atomic mass is 16.2. The highest BCUT2D eigenvalue weighted by Crippen LogP contribution is 2.11. The van der Waals surface area contributed by atoms with Crippen LogP contribution in [0.5, 0.6) is 0 Å². The largest absolute Gasteiger partial charge is 0.366 e. The minimum atomic E-state index is -0.124. The van der Waals surface area contributed by atoms with E-state index in [9.17, 15) is 4.79 Å². The van der Waals surface area contributed by atoms with E-state index in [4.69, 9.17) is 0 Å². The van der Waals surface area contributed by atoms with Gasteiger partial charge in [-0.2, -0.15) is 0 Å². The Morgan fingerprint density at radius 3 is 2.30 bits per heavy atom. The van der Waals surface area contributed by atoms with Crippen molar-refractivity contribution in [3.8, 4) is 0 Å². The Bertz CT molecular complexity index is 885. The maximum atomic E-state index is 12.7. The number of anilines is 1. The van der Waals surface area contributed by atoms with Crippen molar-refractivity contribution in [2.45, 2.75) is 19.9 Å². The van der Waals surface area contributed by atoms with E-state index in [1.54, 1.807) is 49.7 Å². The van der Waals surface area contributed by atoms with E-state index in [0.717, 1.165) is 17.5 Å². The average molecular weight is 362 g/mol. The van der Waals surface area contributed by atoms with Crippen molar-refractivity contribution in [3.05, 3.63) is 77.8 Å². The lowest BCUT2D eigenvalue weighted by Crippen LogP contribution is -2.30. The van der Waals surface area contributed by atoms with Crippen LogP contribution in [0.3, 0.4) is 0 Å². The molecule has 0 aliphatic rings. The molecule has 0 saturated carbocycles. The molecular formula is C20H22N6O. The normalized spacial score (nSPS) is 10.4. The monoisotopic (exact) mass is 362 g/mol. The highest BCUT2D eigenvalue weighted by molar-refractivity contribution is 5.92. The number of amides is 1. The van der Waals surface area contributed by atoms with Crippen LogP contribution in [0.1, 0.15) is 27.4 Å². The maximum Gasteiger partial charge on any atom is 0.272 e. The second-order valence-electron chi connectivity index (χ2n) is 6.23. The zero-order chi connectivity index (χ0) is 19.1. The number of carbonyl (C=O) groups excluding carboxylic acids is 1. The first-order valence-corrected chi connectivity index (χ1v) is 8.74. The first kappa shape index (κ1) is 18.4. The Hall–Kier alpha value is -3.35. The summed E-state index contributed by atoms with van der Waals surface area (Å²) in [7, 11) is 1.78. The van der Waals surface area contributed by atoms with Gasteiger partial charge in [0.05, 0.1) is 0 Å². The van der Waals surface area contributed by atoms with E-state index in [0.29, 0.717) is 30.4 Å². The van der Waals surface area contributed by atoms with Gasteiger partial charge in [0.1, 0.15) is 17.3 Å². The summed E-state index contributed by atoms with van der Waals surface area (Å²) in [5, 5.41) is 3.24. The second kappa shape index (κ2) is 8.84. The van der Waals surface area contributed by atoms with Crippen LogP contribution in [-0.2, 0) is 13.0 Å². The Morgan fingerprint density at radius 2 is 1.63 bits per heavy atom. The van der Waals surface area contributed by atoms with Gasteiger partial charge in [-0.15, -0.1) is 0 Å². The fourth-order valence-electron chi connectivity index (χ4n) is 2.60. The summed E-state index contributed by atoms with van der Waals surface area (Å²) >= 11 is 0. The molecule has 1 N–H and O–H groups in total. The predicted octanol–water partition coefficient (Wildman–Crippen LogP) is 2.50. The quantitative estimate of drug-likeness (QED) is 0.695. The number of nitrogens with zero attached hydrogens (tertiary/aromatic N) is 5. The van der Waals surface area contributed by atoms with E-state index in [2.05, 4.69) is 25.3 Å². The van der Waals surface area contributed by atoms with Crippen LogP contribution in [-0.4, -0.2) is 44.3 Å². The molecule has 0 bridgehead atoms. The molecule has 0 aliphatic carbocycles. The maximum absolute atomic E-state index is 12.7. The molecule has 3 aromatic heterocycles. The van der Waals surface area contributed by atoms with Crippen molar-refractivity contribution in [1.82, 2.24) is 24.8 Å². The SMILES string of the molecule is Cc1nc(NCc2ccncc2)cc(C(=O)N(C)CCc2ccncc2)n1. The van der Waals surface area contributed by atoms with Crippen molar-refractivity contribution in [2.24, 2.45) is 0 Å². The van der Waals surface area contributed by atoms with Crippen LogP contribution >= 0.6 is 0 Å². The smallest absolute Gasteiger partial charge is 0.272 e. The van der Waals surface area contributed by atoms with Crippen molar-refractivity contribution in [1.29, 1.82) is 0 Å². The lowest BCUT2D eigenvalue weighted by molar-refractivity contribution is 0.0790. The fourth-order valence-corrected chi connectivity index (χ4v) is 2.60. The standard InChI is InChI=1S/C20H22N6O/c1-15-24-18(13-19(25-15)23-14-17-5-10-22-11-6-17)20(27)26(2)12-7-16-3-8-21-9-4-16/h3-6,8-11,13H,7,12,14H2,1-2H3,(H,23,24,25). The Kier molecular flexibility index (Phi) is 6.04. The molecule has 3 heterocycles. The van der Waals surface area contributed by atoms with Gasteiger partial charge in [-0.25, -0.2) is 9.97 Å². The van der Waals surface area contributed by atoms with Crippen LogP contribution in [0.2, 0.25) is 0 Å². The number of aryl methyl sites for hydroxylation is 1. The predicted molar refractivity (Wildman–Crippen MR) is 103 cm³/mol. The number of hydrogen-bond donors (Lipinski definition) is 1. The lowest BCUT2D eigenvalue weighted by Gasteiger charge is -2.17. The van der Waals surface area contributed by atoms with Crippen LogP contribution in [0, 0.1) is 6.92 Å². The Morgan fingerprint density at radius 1 is 1.00 bits per heavy atom. The molecule has 0 spiro atoms. The third-order valence-corrected chi connectivity index (χ3v) is 4.11. The summed E-state index contributed by atoms with van der Waals surface area (Å²) < 4.78 is 0. The first-order chi connectivity index (χ1) is 13.1. The highest BCUT2D eigenvalue weighted by Gasteiger charge is 2.15. The van der Waals surface area contributed by atoms with Gasteiger partial charge in [0.25, 0.3) is 5.91 Å². The molecule has 3 rings (SSSR count). The molecule has 3 aromatic rings. The molecule has 0 saturated heterocycles. The van der Waals surface area contributed by atoms with E-state index in [1.807, 2.05) is 24.3 Å². The third kappa shape index (κ3) is 5.31. The Labute approximate surface area is 158 Å². The molecule has 0 aromatic carbocycles.